The SMILES string of the molecule is CCc1ccc(NC(=O)C[C@@H](CN)CC(C)C)cc1. The van der Waals surface area contributed by atoms with Gasteiger partial charge in [-0.25, -0.2) is 0 Å². The molecular weight excluding hydrogens is 236 g/mol. The lowest BCUT2D eigenvalue weighted by atomic mass is 9.94. The lowest BCUT2D eigenvalue weighted by molar-refractivity contribution is -0.117. The second-order valence-corrected chi connectivity index (χ2v) is 5.53. The first kappa shape index (κ1) is 15.7. The third kappa shape index (κ3) is 5.88. The zero-order valence-corrected chi connectivity index (χ0v) is 12.3. The lowest BCUT2D eigenvalue weighted by Crippen LogP contribution is -2.23. The Morgan fingerprint density at radius 2 is 1.89 bits per heavy atom. The fraction of sp³-hybridized carbons (Fsp3) is 0.562. The summed E-state index contributed by atoms with van der Waals surface area (Å²) in [4.78, 5) is 12.0. The van der Waals surface area contributed by atoms with Gasteiger partial charge in [-0.3, -0.25) is 4.79 Å². The van der Waals surface area contributed by atoms with Gasteiger partial charge in [0.2, 0.25) is 5.91 Å². The average Bonchev–Trinajstić information content (AvgIpc) is 2.38. The highest BCUT2D eigenvalue weighted by molar-refractivity contribution is 5.90. The number of rotatable bonds is 7. The number of hydrogen-bond acceptors (Lipinski definition) is 2. The van der Waals surface area contributed by atoms with E-state index in [4.69, 9.17) is 5.73 Å². The van der Waals surface area contributed by atoms with Gasteiger partial charge in [0, 0.05) is 12.1 Å². The Morgan fingerprint density at radius 1 is 1.26 bits per heavy atom. The summed E-state index contributed by atoms with van der Waals surface area (Å²) < 4.78 is 0. The van der Waals surface area contributed by atoms with Crippen LogP contribution >= 0.6 is 0 Å². The van der Waals surface area contributed by atoms with Crippen LogP contribution in [0.2, 0.25) is 0 Å². The molecule has 0 aliphatic rings. The van der Waals surface area contributed by atoms with Gasteiger partial charge in [0.15, 0.2) is 0 Å². The minimum atomic E-state index is 0.0559. The first-order chi connectivity index (χ1) is 9.05. The van der Waals surface area contributed by atoms with Crippen LogP contribution in [0.5, 0.6) is 0 Å². The molecule has 0 aliphatic carbocycles. The number of hydrogen-bond donors (Lipinski definition) is 2. The Balaban J connectivity index is 2.49. The molecule has 1 amide bonds. The molecule has 0 unspecified atom stereocenters. The van der Waals surface area contributed by atoms with E-state index in [1.54, 1.807) is 0 Å². The minimum absolute atomic E-state index is 0.0559. The summed E-state index contributed by atoms with van der Waals surface area (Å²) in [5.41, 5.74) is 7.86. The van der Waals surface area contributed by atoms with Crippen molar-refractivity contribution in [3.8, 4) is 0 Å². The molecule has 1 aromatic carbocycles. The van der Waals surface area contributed by atoms with Crippen LogP contribution in [-0.2, 0) is 11.2 Å². The summed E-state index contributed by atoms with van der Waals surface area (Å²) in [6.45, 7) is 7.00. The van der Waals surface area contributed by atoms with E-state index in [2.05, 4.69) is 26.1 Å². The topological polar surface area (TPSA) is 55.1 Å². The molecule has 0 bridgehead atoms. The van der Waals surface area contributed by atoms with Crippen molar-refractivity contribution in [2.75, 3.05) is 11.9 Å². The molecular formula is C16H26N2O. The Kier molecular flexibility index (Phi) is 6.57. The Labute approximate surface area is 116 Å². The van der Waals surface area contributed by atoms with Crippen LogP contribution in [0, 0.1) is 11.8 Å². The molecule has 0 saturated carbocycles. The second kappa shape index (κ2) is 7.95. The van der Waals surface area contributed by atoms with E-state index in [-0.39, 0.29) is 11.8 Å². The number of benzene rings is 1. The molecule has 3 N–H and O–H groups in total. The van der Waals surface area contributed by atoms with E-state index in [0.717, 1.165) is 18.5 Å². The minimum Gasteiger partial charge on any atom is -0.330 e. The molecule has 3 nitrogen and oxygen atoms in total. The number of anilines is 1. The molecule has 1 aromatic rings. The van der Waals surface area contributed by atoms with Crippen molar-refractivity contribution in [3.63, 3.8) is 0 Å². The van der Waals surface area contributed by atoms with Gasteiger partial charge in [-0.05, 0) is 48.9 Å². The molecule has 0 aliphatic heterocycles. The molecule has 0 spiro atoms. The molecule has 1 rings (SSSR count). The quantitative estimate of drug-likeness (QED) is 0.793. The molecule has 0 saturated heterocycles. The van der Waals surface area contributed by atoms with Crippen LogP contribution in [0.4, 0.5) is 5.69 Å². The molecule has 106 valence electrons. The molecule has 0 fully saturated rings. The Bertz CT molecular complexity index is 384. The van der Waals surface area contributed by atoms with Crippen molar-refractivity contribution < 1.29 is 4.79 Å². The lowest BCUT2D eigenvalue weighted by Gasteiger charge is -2.16. The third-order valence-electron chi connectivity index (χ3n) is 3.26. The van der Waals surface area contributed by atoms with E-state index in [1.807, 2.05) is 24.3 Å². The standard InChI is InChI=1S/C16H26N2O/c1-4-13-5-7-15(8-6-13)18-16(19)10-14(11-17)9-12(2)3/h5-8,12,14H,4,9-11,17H2,1-3H3,(H,18,19)/t14-/m0/s1. The van der Waals surface area contributed by atoms with E-state index < -0.39 is 0 Å². The highest BCUT2D eigenvalue weighted by atomic mass is 16.1. The van der Waals surface area contributed by atoms with Gasteiger partial charge in [-0.15, -0.1) is 0 Å². The third-order valence-corrected chi connectivity index (χ3v) is 3.26. The number of aryl methyl sites for hydroxylation is 1. The fourth-order valence-electron chi connectivity index (χ4n) is 2.23. The summed E-state index contributed by atoms with van der Waals surface area (Å²) in [6, 6.07) is 8.00. The maximum absolute atomic E-state index is 12.0. The zero-order valence-electron chi connectivity index (χ0n) is 12.3. The fourth-order valence-corrected chi connectivity index (χ4v) is 2.23. The number of amides is 1. The highest BCUT2D eigenvalue weighted by Crippen LogP contribution is 2.16. The predicted molar refractivity (Wildman–Crippen MR) is 81.1 cm³/mol. The van der Waals surface area contributed by atoms with Crippen molar-refractivity contribution >= 4 is 11.6 Å². The maximum atomic E-state index is 12.0. The summed E-state index contributed by atoms with van der Waals surface area (Å²) in [7, 11) is 0. The van der Waals surface area contributed by atoms with Crippen molar-refractivity contribution in [2.45, 2.75) is 40.0 Å². The van der Waals surface area contributed by atoms with Crippen LogP contribution in [0.15, 0.2) is 24.3 Å². The Hall–Kier alpha value is -1.35. The predicted octanol–water partition coefficient (Wildman–Crippen LogP) is 3.20. The van der Waals surface area contributed by atoms with E-state index in [0.29, 0.717) is 18.9 Å². The van der Waals surface area contributed by atoms with Gasteiger partial charge in [-0.2, -0.15) is 0 Å². The van der Waals surface area contributed by atoms with Gasteiger partial charge in [0.25, 0.3) is 0 Å². The van der Waals surface area contributed by atoms with Gasteiger partial charge in [-0.1, -0.05) is 32.9 Å². The van der Waals surface area contributed by atoms with Crippen LogP contribution in [0.1, 0.15) is 39.2 Å². The summed E-state index contributed by atoms with van der Waals surface area (Å²) >= 11 is 0. The number of carbonyl (C=O) groups is 1. The number of nitrogens with one attached hydrogen (secondary N) is 1. The maximum Gasteiger partial charge on any atom is 0.224 e. The van der Waals surface area contributed by atoms with Crippen molar-refractivity contribution in [3.05, 3.63) is 29.8 Å². The molecule has 3 heteroatoms. The van der Waals surface area contributed by atoms with Crippen LogP contribution in [0.25, 0.3) is 0 Å². The first-order valence-corrected chi connectivity index (χ1v) is 7.14. The zero-order chi connectivity index (χ0) is 14.3. The van der Waals surface area contributed by atoms with Gasteiger partial charge in [0.05, 0.1) is 0 Å². The van der Waals surface area contributed by atoms with Crippen LogP contribution in [0.3, 0.4) is 0 Å². The monoisotopic (exact) mass is 262 g/mol. The van der Waals surface area contributed by atoms with E-state index >= 15 is 0 Å². The van der Waals surface area contributed by atoms with Crippen molar-refractivity contribution in [1.29, 1.82) is 0 Å². The van der Waals surface area contributed by atoms with Gasteiger partial charge in [0.1, 0.15) is 0 Å². The summed E-state index contributed by atoms with van der Waals surface area (Å²) in [6.07, 6.45) is 2.51. The Morgan fingerprint density at radius 3 is 2.37 bits per heavy atom. The molecule has 0 radical (unpaired) electrons. The largest absolute Gasteiger partial charge is 0.330 e. The molecule has 19 heavy (non-hydrogen) atoms. The second-order valence-electron chi connectivity index (χ2n) is 5.53. The normalized spacial score (nSPS) is 12.5. The molecule has 1 atom stereocenters. The van der Waals surface area contributed by atoms with Crippen molar-refractivity contribution in [2.24, 2.45) is 17.6 Å². The average molecular weight is 262 g/mol. The number of nitrogens with two attached hydrogens (primary N) is 1. The van der Waals surface area contributed by atoms with Crippen LogP contribution in [-0.4, -0.2) is 12.5 Å². The molecule has 0 heterocycles. The first-order valence-electron chi connectivity index (χ1n) is 7.14. The molecule has 0 aromatic heterocycles. The number of carbonyl (C=O) groups excluding carboxylic acids is 1. The summed E-state index contributed by atoms with van der Waals surface area (Å²) in [5.74, 6) is 0.903. The van der Waals surface area contributed by atoms with Crippen molar-refractivity contribution in [1.82, 2.24) is 0 Å². The van der Waals surface area contributed by atoms with Gasteiger partial charge >= 0.3 is 0 Å². The van der Waals surface area contributed by atoms with Gasteiger partial charge < -0.3 is 11.1 Å². The van der Waals surface area contributed by atoms with E-state index in [9.17, 15) is 4.79 Å². The highest BCUT2D eigenvalue weighted by Gasteiger charge is 2.14. The smallest absolute Gasteiger partial charge is 0.224 e. The van der Waals surface area contributed by atoms with E-state index in [1.165, 1.54) is 5.56 Å². The van der Waals surface area contributed by atoms with Crippen LogP contribution < -0.4 is 11.1 Å². The summed E-state index contributed by atoms with van der Waals surface area (Å²) in [5, 5.41) is 2.94.